The number of carbonyl (C=O) groups excluding carboxylic acids is 2. The van der Waals surface area contributed by atoms with Crippen molar-refractivity contribution in [1.82, 2.24) is 10.2 Å². The molecule has 2 amide bonds. The first kappa shape index (κ1) is 20.0. The van der Waals surface area contributed by atoms with Crippen molar-refractivity contribution >= 4 is 17.5 Å². The van der Waals surface area contributed by atoms with Crippen LogP contribution in [0.25, 0.3) is 0 Å². The standard InChI is InChI=1S/C23H33N3O3/c1-17-9-3-4-10-18(17)24-22(27)16-26-15-21(23(28)25-13-7-2-8-14-25)29-20-12-6-5-11-19(20)26/h5-6,11-12,17-18,21H,2-4,7-10,13-16H2,1H3,(H,24,27)/t17-,18+,21-/m1/s1. The van der Waals surface area contributed by atoms with E-state index in [4.69, 9.17) is 4.74 Å². The second kappa shape index (κ2) is 9.06. The summed E-state index contributed by atoms with van der Waals surface area (Å²) in [4.78, 5) is 29.8. The molecule has 1 saturated heterocycles. The smallest absolute Gasteiger partial charge is 0.265 e. The molecule has 4 rings (SSSR count). The van der Waals surface area contributed by atoms with Gasteiger partial charge in [0.1, 0.15) is 5.75 Å². The van der Waals surface area contributed by atoms with Crippen molar-refractivity contribution in [1.29, 1.82) is 0 Å². The summed E-state index contributed by atoms with van der Waals surface area (Å²) in [6, 6.07) is 7.97. The van der Waals surface area contributed by atoms with Crippen molar-refractivity contribution in [3.05, 3.63) is 24.3 Å². The molecule has 1 aliphatic carbocycles. The molecule has 1 aromatic carbocycles. The molecule has 3 aliphatic rings. The zero-order chi connectivity index (χ0) is 20.2. The Balaban J connectivity index is 1.44. The summed E-state index contributed by atoms with van der Waals surface area (Å²) in [6.07, 6.45) is 7.42. The lowest BCUT2D eigenvalue weighted by Crippen LogP contribution is -2.54. The number of piperidine rings is 1. The Morgan fingerprint density at radius 1 is 1.07 bits per heavy atom. The van der Waals surface area contributed by atoms with Gasteiger partial charge in [-0.05, 0) is 50.2 Å². The van der Waals surface area contributed by atoms with Crippen LogP contribution in [0.5, 0.6) is 5.75 Å². The minimum Gasteiger partial charge on any atom is -0.477 e. The van der Waals surface area contributed by atoms with Crippen LogP contribution in [0.1, 0.15) is 51.9 Å². The quantitative estimate of drug-likeness (QED) is 0.846. The molecule has 6 heteroatoms. The van der Waals surface area contributed by atoms with Gasteiger partial charge in [-0.3, -0.25) is 9.59 Å². The van der Waals surface area contributed by atoms with Crippen molar-refractivity contribution < 1.29 is 14.3 Å². The summed E-state index contributed by atoms with van der Waals surface area (Å²) in [5.41, 5.74) is 0.891. The maximum absolute atomic E-state index is 13.0. The summed E-state index contributed by atoms with van der Waals surface area (Å²) in [7, 11) is 0. The number of nitrogens with zero attached hydrogens (tertiary/aromatic N) is 2. The van der Waals surface area contributed by atoms with E-state index in [2.05, 4.69) is 12.2 Å². The van der Waals surface area contributed by atoms with E-state index >= 15 is 0 Å². The van der Waals surface area contributed by atoms with Crippen LogP contribution in [0.2, 0.25) is 0 Å². The predicted molar refractivity (Wildman–Crippen MR) is 113 cm³/mol. The normalized spacial score (nSPS) is 27.0. The maximum atomic E-state index is 13.0. The molecular formula is C23H33N3O3. The van der Waals surface area contributed by atoms with Gasteiger partial charge in [-0.2, -0.15) is 0 Å². The fraction of sp³-hybridized carbons (Fsp3) is 0.652. The van der Waals surface area contributed by atoms with Gasteiger partial charge in [-0.25, -0.2) is 0 Å². The number of benzene rings is 1. The summed E-state index contributed by atoms with van der Waals surface area (Å²) < 4.78 is 6.06. The first-order valence-corrected chi connectivity index (χ1v) is 11.2. The maximum Gasteiger partial charge on any atom is 0.265 e. The SMILES string of the molecule is C[C@@H]1CCCC[C@@H]1NC(=O)CN1C[C@H](C(=O)N2CCCCC2)Oc2ccccc21. The number of carbonyl (C=O) groups is 2. The Morgan fingerprint density at radius 2 is 1.83 bits per heavy atom. The number of likely N-dealkylation sites (tertiary alicyclic amines) is 1. The minimum absolute atomic E-state index is 0.0321. The van der Waals surface area contributed by atoms with Crippen molar-refractivity contribution in [3.63, 3.8) is 0 Å². The molecule has 0 unspecified atom stereocenters. The second-order valence-corrected chi connectivity index (χ2v) is 8.78. The third-order valence-corrected chi connectivity index (χ3v) is 6.60. The number of hydrogen-bond acceptors (Lipinski definition) is 4. The molecule has 6 nitrogen and oxygen atoms in total. The summed E-state index contributed by atoms with van der Waals surface area (Å²) in [5, 5.41) is 3.24. The lowest BCUT2D eigenvalue weighted by atomic mass is 9.86. The van der Waals surface area contributed by atoms with Crippen LogP contribution < -0.4 is 15.0 Å². The molecule has 0 aromatic heterocycles. The van der Waals surface area contributed by atoms with E-state index in [1.807, 2.05) is 34.1 Å². The number of amides is 2. The van der Waals surface area contributed by atoms with Crippen LogP contribution >= 0.6 is 0 Å². The number of anilines is 1. The van der Waals surface area contributed by atoms with E-state index in [1.54, 1.807) is 0 Å². The van der Waals surface area contributed by atoms with Gasteiger partial charge in [-0.15, -0.1) is 0 Å². The Kier molecular flexibility index (Phi) is 6.26. The summed E-state index contributed by atoms with van der Waals surface area (Å²) in [5.74, 6) is 1.29. The third kappa shape index (κ3) is 4.68. The van der Waals surface area contributed by atoms with Crippen molar-refractivity contribution in [2.45, 2.75) is 64.0 Å². The summed E-state index contributed by atoms with van der Waals surface area (Å²) in [6.45, 7) is 4.51. The van der Waals surface area contributed by atoms with Gasteiger partial charge in [0.05, 0.1) is 18.8 Å². The molecule has 1 saturated carbocycles. The Labute approximate surface area is 173 Å². The highest BCUT2D eigenvalue weighted by Crippen LogP contribution is 2.33. The lowest BCUT2D eigenvalue weighted by molar-refractivity contribution is -0.139. The van der Waals surface area contributed by atoms with Crippen molar-refractivity contribution in [3.8, 4) is 5.75 Å². The van der Waals surface area contributed by atoms with E-state index in [9.17, 15) is 9.59 Å². The van der Waals surface area contributed by atoms with Gasteiger partial charge >= 0.3 is 0 Å². The molecule has 0 radical (unpaired) electrons. The van der Waals surface area contributed by atoms with Gasteiger partial charge in [0, 0.05) is 19.1 Å². The molecule has 2 heterocycles. The molecular weight excluding hydrogens is 366 g/mol. The largest absolute Gasteiger partial charge is 0.477 e. The zero-order valence-corrected chi connectivity index (χ0v) is 17.4. The highest BCUT2D eigenvalue weighted by atomic mass is 16.5. The predicted octanol–water partition coefficient (Wildman–Crippen LogP) is 2.96. The fourth-order valence-corrected chi connectivity index (χ4v) is 4.86. The molecule has 0 spiro atoms. The van der Waals surface area contributed by atoms with Gasteiger partial charge < -0.3 is 19.9 Å². The van der Waals surface area contributed by atoms with E-state index in [-0.39, 0.29) is 24.4 Å². The zero-order valence-electron chi connectivity index (χ0n) is 17.4. The van der Waals surface area contributed by atoms with Crippen LogP contribution in [0.15, 0.2) is 24.3 Å². The number of rotatable bonds is 4. The van der Waals surface area contributed by atoms with Crippen LogP contribution in [0, 0.1) is 5.92 Å². The van der Waals surface area contributed by atoms with Crippen molar-refractivity contribution in [2.75, 3.05) is 31.1 Å². The number of hydrogen-bond donors (Lipinski definition) is 1. The molecule has 29 heavy (non-hydrogen) atoms. The average molecular weight is 400 g/mol. The number of ether oxygens (including phenoxy) is 1. The van der Waals surface area contributed by atoms with Crippen LogP contribution in [-0.4, -0.2) is 55.0 Å². The van der Waals surface area contributed by atoms with E-state index in [0.717, 1.165) is 38.0 Å². The van der Waals surface area contributed by atoms with Crippen molar-refractivity contribution in [2.24, 2.45) is 5.92 Å². The van der Waals surface area contributed by atoms with Gasteiger partial charge in [0.25, 0.3) is 5.91 Å². The summed E-state index contributed by atoms with van der Waals surface area (Å²) >= 11 is 0. The van der Waals surface area contributed by atoms with E-state index in [0.29, 0.717) is 18.2 Å². The molecule has 1 aromatic rings. The average Bonchev–Trinajstić information content (AvgIpc) is 2.75. The monoisotopic (exact) mass is 399 g/mol. The Bertz CT molecular complexity index is 732. The Hall–Kier alpha value is -2.24. The highest BCUT2D eigenvalue weighted by molar-refractivity contribution is 5.86. The van der Waals surface area contributed by atoms with Gasteiger partial charge in [0.2, 0.25) is 5.91 Å². The molecule has 2 fully saturated rings. The number of para-hydroxylation sites is 2. The molecule has 0 bridgehead atoms. The third-order valence-electron chi connectivity index (χ3n) is 6.60. The topological polar surface area (TPSA) is 61.9 Å². The van der Waals surface area contributed by atoms with Crippen LogP contribution in [0.3, 0.4) is 0 Å². The highest BCUT2D eigenvalue weighted by Gasteiger charge is 2.35. The minimum atomic E-state index is -0.551. The van der Waals surface area contributed by atoms with E-state index in [1.165, 1.54) is 25.7 Å². The molecule has 3 atom stereocenters. The number of fused-ring (bicyclic) bond motifs is 1. The van der Waals surface area contributed by atoms with Crippen LogP contribution in [-0.2, 0) is 9.59 Å². The first-order chi connectivity index (χ1) is 14.1. The lowest BCUT2D eigenvalue weighted by Gasteiger charge is -2.38. The first-order valence-electron chi connectivity index (χ1n) is 11.2. The molecule has 158 valence electrons. The van der Waals surface area contributed by atoms with Gasteiger partial charge in [0.15, 0.2) is 6.10 Å². The fourth-order valence-electron chi connectivity index (χ4n) is 4.86. The molecule has 1 N–H and O–H groups in total. The second-order valence-electron chi connectivity index (χ2n) is 8.78. The molecule has 2 aliphatic heterocycles. The Morgan fingerprint density at radius 3 is 2.62 bits per heavy atom. The van der Waals surface area contributed by atoms with Gasteiger partial charge in [-0.1, -0.05) is 31.9 Å². The van der Waals surface area contributed by atoms with E-state index < -0.39 is 6.10 Å². The number of nitrogens with one attached hydrogen (secondary N) is 1. The van der Waals surface area contributed by atoms with Crippen LogP contribution in [0.4, 0.5) is 5.69 Å².